The van der Waals surface area contributed by atoms with Crippen LogP contribution >= 0.6 is 0 Å². The van der Waals surface area contributed by atoms with E-state index in [2.05, 4.69) is 29.4 Å². The van der Waals surface area contributed by atoms with Crippen molar-refractivity contribution in [1.29, 1.82) is 0 Å². The lowest BCUT2D eigenvalue weighted by Gasteiger charge is -2.34. The van der Waals surface area contributed by atoms with E-state index in [0.717, 1.165) is 32.7 Å². The fourth-order valence-corrected chi connectivity index (χ4v) is 3.91. The highest BCUT2D eigenvalue weighted by Crippen LogP contribution is 2.16. The molecule has 1 fully saturated rings. The number of benzene rings is 2. The number of nitrogens with zero attached hydrogens (tertiary/aromatic N) is 3. The van der Waals surface area contributed by atoms with Crippen LogP contribution in [0.25, 0.3) is 10.9 Å². The molecule has 1 amide bonds. The monoisotopic (exact) mass is 377 g/mol. The van der Waals surface area contributed by atoms with E-state index in [-0.39, 0.29) is 11.3 Å². The number of piperazine rings is 1. The molecule has 1 atom stereocenters. The van der Waals surface area contributed by atoms with Gasteiger partial charge in [-0.25, -0.2) is 0 Å². The minimum absolute atomic E-state index is 0.0556. The van der Waals surface area contributed by atoms with E-state index >= 15 is 0 Å². The van der Waals surface area contributed by atoms with Crippen molar-refractivity contribution in [3.8, 4) is 0 Å². The van der Waals surface area contributed by atoms with E-state index in [1.165, 1.54) is 16.7 Å². The number of quaternary nitrogens is 1. The number of carbonyl (C=O) groups is 1. The standard InChI is InChI=1S/C22H24N4O2/c1-17(26-20-10-6-5-9-19(20)21(27)15-23-26)22(28)25-13-11-24(12-14-25)16-18-7-3-2-4-8-18/h2-10,15,17H,11-14,16H2,1H3/p+1/t17-/m0/s1. The number of rotatable bonds is 4. The molecule has 1 N–H and O–H groups in total. The molecule has 0 spiro atoms. The Morgan fingerprint density at radius 1 is 1.07 bits per heavy atom. The molecule has 6 heteroatoms. The summed E-state index contributed by atoms with van der Waals surface area (Å²) in [6.07, 6.45) is 1.30. The molecule has 0 saturated carbocycles. The molecule has 0 unspecified atom stereocenters. The van der Waals surface area contributed by atoms with Gasteiger partial charge in [-0.2, -0.15) is 5.10 Å². The molecule has 1 saturated heterocycles. The van der Waals surface area contributed by atoms with Gasteiger partial charge in [0.2, 0.25) is 11.3 Å². The highest BCUT2D eigenvalue weighted by atomic mass is 16.2. The summed E-state index contributed by atoms with van der Waals surface area (Å²) in [5.74, 6) is 0.0556. The highest BCUT2D eigenvalue weighted by Gasteiger charge is 2.28. The number of nitrogens with one attached hydrogen (secondary N) is 1. The lowest BCUT2D eigenvalue weighted by molar-refractivity contribution is -0.917. The minimum Gasteiger partial charge on any atom is -0.330 e. The van der Waals surface area contributed by atoms with Crippen LogP contribution in [0.5, 0.6) is 0 Å². The van der Waals surface area contributed by atoms with Crippen molar-refractivity contribution in [2.24, 2.45) is 0 Å². The van der Waals surface area contributed by atoms with Gasteiger partial charge in [0, 0.05) is 10.9 Å². The van der Waals surface area contributed by atoms with E-state index in [1.807, 2.05) is 36.1 Å². The molecule has 2 heterocycles. The van der Waals surface area contributed by atoms with Gasteiger partial charge in [0.25, 0.3) is 0 Å². The summed E-state index contributed by atoms with van der Waals surface area (Å²) in [6, 6.07) is 17.3. The molecule has 0 aliphatic carbocycles. The number of para-hydroxylation sites is 1. The average Bonchev–Trinajstić information content (AvgIpc) is 2.74. The Labute approximate surface area is 164 Å². The molecule has 28 heavy (non-hydrogen) atoms. The molecule has 144 valence electrons. The average molecular weight is 377 g/mol. The Kier molecular flexibility index (Phi) is 5.21. The van der Waals surface area contributed by atoms with Gasteiger partial charge in [-0.05, 0) is 19.1 Å². The fraction of sp³-hybridized carbons (Fsp3) is 0.318. The Morgan fingerprint density at radius 2 is 1.75 bits per heavy atom. The summed E-state index contributed by atoms with van der Waals surface area (Å²) in [4.78, 5) is 28.5. The Morgan fingerprint density at radius 3 is 2.50 bits per heavy atom. The molecule has 3 aromatic rings. The van der Waals surface area contributed by atoms with Crippen LogP contribution in [0.3, 0.4) is 0 Å². The van der Waals surface area contributed by atoms with E-state index in [9.17, 15) is 9.59 Å². The van der Waals surface area contributed by atoms with E-state index < -0.39 is 6.04 Å². The number of fused-ring (bicyclic) bond motifs is 1. The third-order valence-electron chi connectivity index (χ3n) is 5.52. The van der Waals surface area contributed by atoms with Crippen LogP contribution in [0.2, 0.25) is 0 Å². The molecule has 2 aromatic carbocycles. The van der Waals surface area contributed by atoms with Crippen LogP contribution in [-0.2, 0) is 11.3 Å². The lowest BCUT2D eigenvalue weighted by Crippen LogP contribution is -3.13. The SMILES string of the molecule is C[C@@H](C(=O)N1CC[NH+](Cc2ccccc2)CC1)n1ncc(=O)c2ccccc21. The maximum absolute atomic E-state index is 13.1. The van der Waals surface area contributed by atoms with E-state index in [4.69, 9.17) is 0 Å². The largest absolute Gasteiger partial charge is 0.330 e. The van der Waals surface area contributed by atoms with Gasteiger partial charge in [-0.3, -0.25) is 14.3 Å². The number of hydrogen-bond acceptors (Lipinski definition) is 3. The lowest BCUT2D eigenvalue weighted by atomic mass is 10.1. The number of hydrogen-bond donors (Lipinski definition) is 1. The molecule has 1 aromatic heterocycles. The normalized spacial score (nSPS) is 16.2. The van der Waals surface area contributed by atoms with Crippen LogP contribution in [0.15, 0.2) is 65.6 Å². The summed E-state index contributed by atoms with van der Waals surface area (Å²) in [5, 5.41) is 4.84. The van der Waals surface area contributed by atoms with Gasteiger partial charge in [0.05, 0.1) is 37.9 Å². The first-order valence-corrected chi connectivity index (χ1v) is 9.76. The van der Waals surface area contributed by atoms with Crippen molar-refractivity contribution in [2.75, 3.05) is 26.2 Å². The van der Waals surface area contributed by atoms with Crippen molar-refractivity contribution >= 4 is 16.8 Å². The highest BCUT2D eigenvalue weighted by molar-refractivity contribution is 5.84. The van der Waals surface area contributed by atoms with Gasteiger partial charge in [-0.1, -0.05) is 42.5 Å². The first-order chi connectivity index (χ1) is 13.6. The van der Waals surface area contributed by atoms with Crippen LogP contribution in [0.1, 0.15) is 18.5 Å². The zero-order valence-corrected chi connectivity index (χ0v) is 16.0. The van der Waals surface area contributed by atoms with E-state index in [0.29, 0.717) is 10.9 Å². The zero-order chi connectivity index (χ0) is 19.5. The predicted molar refractivity (Wildman–Crippen MR) is 108 cm³/mol. The molecule has 1 aliphatic heterocycles. The van der Waals surface area contributed by atoms with Crippen LogP contribution in [0, 0.1) is 0 Å². The van der Waals surface area contributed by atoms with Gasteiger partial charge in [-0.15, -0.1) is 0 Å². The molecule has 6 nitrogen and oxygen atoms in total. The molecule has 1 aliphatic rings. The molecule has 4 rings (SSSR count). The third kappa shape index (κ3) is 3.68. The molecular weight excluding hydrogens is 352 g/mol. The van der Waals surface area contributed by atoms with Crippen molar-refractivity contribution < 1.29 is 9.69 Å². The Balaban J connectivity index is 1.44. The second-order valence-electron chi connectivity index (χ2n) is 7.38. The summed E-state index contributed by atoms with van der Waals surface area (Å²) < 4.78 is 1.67. The van der Waals surface area contributed by atoms with Gasteiger partial charge < -0.3 is 9.80 Å². The van der Waals surface area contributed by atoms with Crippen molar-refractivity contribution in [2.45, 2.75) is 19.5 Å². The number of carbonyl (C=O) groups excluding carboxylic acids is 1. The first-order valence-electron chi connectivity index (χ1n) is 9.76. The van der Waals surface area contributed by atoms with Crippen LogP contribution in [0.4, 0.5) is 0 Å². The third-order valence-corrected chi connectivity index (χ3v) is 5.52. The molecule has 0 radical (unpaired) electrons. The van der Waals surface area contributed by atoms with Crippen LogP contribution < -0.4 is 10.3 Å². The maximum Gasteiger partial charge on any atom is 0.247 e. The summed E-state index contributed by atoms with van der Waals surface area (Å²) in [7, 11) is 0. The summed E-state index contributed by atoms with van der Waals surface area (Å²) in [5.41, 5.74) is 1.91. The fourth-order valence-electron chi connectivity index (χ4n) is 3.91. The number of aromatic nitrogens is 2. The molecular formula is C22H25N4O2+. The summed E-state index contributed by atoms with van der Waals surface area (Å²) >= 11 is 0. The summed E-state index contributed by atoms with van der Waals surface area (Å²) in [6.45, 7) is 6.20. The Bertz CT molecular complexity index is 1020. The Hall–Kier alpha value is -2.99. The smallest absolute Gasteiger partial charge is 0.247 e. The minimum atomic E-state index is -0.443. The second kappa shape index (κ2) is 7.94. The topological polar surface area (TPSA) is 59.6 Å². The first kappa shape index (κ1) is 18.4. The maximum atomic E-state index is 13.1. The van der Waals surface area contributed by atoms with E-state index in [1.54, 1.807) is 10.7 Å². The van der Waals surface area contributed by atoms with Crippen molar-refractivity contribution in [1.82, 2.24) is 14.7 Å². The van der Waals surface area contributed by atoms with Crippen molar-refractivity contribution in [3.63, 3.8) is 0 Å². The predicted octanol–water partition coefficient (Wildman–Crippen LogP) is 0.885. The van der Waals surface area contributed by atoms with Gasteiger partial charge in [0.15, 0.2) is 0 Å². The number of amides is 1. The van der Waals surface area contributed by atoms with Crippen molar-refractivity contribution in [3.05, 3.63) is 76.6 Å². The second-order valence-corrected chi connectivity index (χ2v) is 7.38. The van der Waals surface area contributed by atoms with Gasteiger partial charge in [0.1, 0.15) is 12.6 Å². The van der Waals surface area contributed by atoms with Gasteiger partial charge >= 0.3 is 0 Å². The molecule has 0 bridgehead atoms. The zero-order valence-electron chi connectivity index (χ0n) is 16.0. The van der Waals surface area contributed by atoms with Crippen LogP contribution in [-0.4, -0.2) is 46.8 Å². The quantitative estimate of drug-likeness (QED) is 0.735.